The van der Waals surface area contributed by atoms with Gasteiger partial charge in [0.2, 0.25) is 0 Å². The molecule has 12 rings (SSSR count). The lowest BCUT2D eigenvalue weighted by Crippen LogP contribution is -2.62. The summed E-state index contributed by atoms with van der Waals surface area (Å²) in [6.07, 6.45) is 10.1. The van der Waals surface area contributed by atoms with Gasteiger partial charge in [-0.1, -0.05) is 369 Å². The molecule has 0 aliphatic carbocycles. The van der Waals surface area contributed by atoms with Gasteiger partial charge in [0, 0.05) is 21.1 Å². The summed E-state index contributed by atoms with van der Waals surface area (Å²) >= 11 is 0. The molecular weight excluding hydrogens is 1720 g/mol. The molecule has 0 amide bonds. The zero-order chi connectivity index (χ0) is 94.8. The van der Waals surface area contributed by atoms with Crippen LogP contribution in [0.15, 0.2) is 285 Å². The number of carbonyl (C=O) groups is 2. The average molecular weight is 1870 g/mol. The van der Waals surface area contributed by atoms with Gasteiger partial charge in [0.15, 0.2) is 18.9 Å². The number of benzene rings is 9. The van der Waals surface area contributed by atoms with E-state index in [1.165, 1.54) is 19.8 Å². The number of unbranched alkanes of at least 4 members (excludes halogenated alkanes) is 13. The average Bonchev–Trinajstić information content (AvgIpc) is 0.793. The first kappa shape index (κ1) is 106. The van der Waals surface area contributed by atoms with Gasteiger partial charge in [-0.2, -0.15) is 0 Å². The smallest absolute Gasteiger partial charge is 0.308 e. The molecule has 18 atom stereocenters. The van der Waals surface area contributed by atoms with Gasteiger partial charge in [-0.3, -0.25) is 9.59 Å². The first-order valence-corrected chi connectivity index (χ1v) is 49.5. The van der Waals surface area contributed by atoms with E-state index in [9.17, 15) is 9.59 Å². The van der Waals surface area contributed by atoms with Gasteiger partial charge >= 0.3 is 11.9 Å². The van der Waals surface area contributed by atoms with E-state index in [1.54, 1.807) is 14.2 Å². The SMILES string of the molecule is CO[C@H]1[C@H](O[C@H](C)CCCCC[C@H](/C=C/CCCCCCCCCCCCC[C@H](CC(=O)OC(C)(C)C)O[C@@H]2O[C@H](COC(C)=O)[C@@H](OCc3ccccc3)[C@H](OCc3ccccc3)[C@H]2OCc2ccccc2)O[C@@H]2O[C@H](COCc3ccccc3)[C@@H](OCc3ccccc3)[C@H](OCc3ccccc3)[C@H]2OC)O[C@H](COCc2ccccc2)[C@@H](OCc2ccccc2)[C@@H]1OCc1ccccc1. The van der Waals surface area contributed by atoms with Crippen LogP contribution >= 0.6 is 0 Å². The second-order valence-corrected chi connectivity index (χ2v) is 36.9. The van der Waals surface area contributed by atoms with Crippen molar-refractivity contribution in [1.29, 1.82) is 0 Å². The third kappa shape index (κ3) is 37.6. The van der Waals surface area contributed by atoms with Crippen LogP contribution < -0.4 is 0 Å². The lowest BCUT2D eigenvalue weighted by atomic mass is 9.97. The highest BCUT2D eigenvalue weighted by atomic mass is 16.8. The number of allylic oxidation sites excluding steroid dienone is 1. The molecule has 0 bridgehead atoms. The lowest BCUT2D eigenvalue weighted by Gasteiger charge is -2.46. The van der Waals surface area contributed by atoms with Crippen LogP contribution in [0.2, 0.25) is 0 Å². The Kier molecular flexibility index (Phi) is 46.8. The van der Waals surface area contributed by atoms with Crippen molar-refractivity contribution in [3.8, 4) is 0 Å². The largest absolute Gasteiger partial charge is 0.463 e. The van der Waals surface area contributed by atoms with Crippen LogP contribution in [0.1, 0.15) is 207 Å². The van der Waals surface area contributed by atoms with Crippen molar-refractivity contribution in [2.24, 2.45) is 0 Å². The number of hydrogen-bond acceptors (Lipinski definition) is 21. The Balaban J connectivity index is 0.670. The molecule has 3 saturated heterocycles. The molecule has 136 heavy (non-hydrogen) atoms. The predicted octanol–water partition coefficient (Wildman–Crippen LogP) is 22.8. The zero-order valence-electron chi connectivity index (χ0n) is 81.0. The normalized spacial score (nSPS) is 22.6. The van der Waals surface area contributed by atoms with E-state index < -0.39 is 110 Å². The molecule has 9 aromatic carbocycles. The fourth-order valence-corrected chi connectivity index (χ4v) is 17.6. The first-order chi connectivity index (χ1) is 66.7. The predicted molar refractivity (Wildman–Crippen MR) is 525 cm³/mol. The van der Waals surface area contributed by atoms with Crippen LogP contribution in [-0.4, -0.2) is 162 Å². The number of hydrogen-bond donors (Lipinski definition) is 0. The number of carbonyl (C=O) groups excluding carboxylic acids is 2. The van der Waals surface area contributed by atoms with Crippen LogP contribution in [0.3, 0.4) is 0 Å². The molecule has 0 radical (unpaired) electrons. The van der Waals surface area contributed by atoms with Gasteiger partial charge in [-0.25, -0.2) is 0 Å². The second kappa shape index (κ2) is 60.1. The van der Waals surface area contributed by atoms with Gasteiger partial charge in [0.25, 0.3) is 0 Å². The molecule has 0 spiro atoms. The summed E-state index contributed by atoms with van der Waals surface area (Å²) in [5, 5.41) is 0. The van der Waals surface area contributed by atoms with Crippen LogP contribution in [0, 0.1) is 0 Å². The highest BCUT2D eigenvalue weighted by Crippen LogP contribution is 2.38. The Morgan fingerprint density at radius 1 is 0.324 bits per heavy atom. The van der Waals surface area contributed by atoms with E-state index in [4.69, 9.17) is 90.0 Å². The molecule has 0 aromatic heterocycles. The molecule has 3 fully saturated rings. The lowest BCUT2D eigenvalue weighted by molar-refractivity contribution is -0.335. The minimum absolute atomic E-state index is 0.00434. The minimum Gasteiger partial charge on any atom is -0.463 e. The van der Waals surface area contributed by atoms with Gasteiger partial charge in [0.1, 0.15) is 85.5 Å². The molecule has 21 nitrogen and oxygen atoms in total. The molecule has 0 saturated carbocycles. The summed E-state index contributed by atoms with van der Waals surface area (Å²) in [7, 11) is 3.39. The summed E-state index contributed by atoms with van der Waals surface area (Å²) in [5.74, 6) is -0.837. The number of ether oxygens (including phenoxy) is 19. The zero-order valence-corrected chi connectivity index (χ0v) is 81.0. The van der Waals surface area contributed by atoms with E-state index in [0.29, 0.717) is 46.1 Å². The van der Waals surface area contributed by atoms with E-state index in [0.717, 1.165) is 146 Å². The fourth-order valence-electron chi connectivity index (χ4n) is 17.6. The van der Waals surface area contributed by atoms with Crippen molar-refractivity contribution < 1.29 is 99.6 Å². The van der Waals surface area contributed by atoms with Crippen LogP contribution in [0.25, 0.3) is 0 Å². The van der Waals surface area contributed by atoms with Gasteiger partial charge in [-0.05, 0) is 110 Å². The number of methoxy groups -OCH3 is 2. The second-order valence-electron chi connectivity index (χ2n) is 36.9. The summed E-state index contributed by atoms with van der Waals surface area (Å²) in [4.78, 5) is 26.4. The number of esters is 2. The molecule has 3 aliphatic heterocycles. The third-order valence-electron chi connectivity index (χ3n) is 24.7. The number of rotatable bonds is 62. The maximum absolute atomic E-state index is 13.9. The highest BCUT2D eigenvalue weighted by molar-refractivity contribution is 5.70. The molecule has 0 unspecified atom stereocenters. The Morgan fingerprint density at radius 2 is 0.610 bits per heavy atom. The van der Waals surface area contributed by atoms with Gasteiger partial charge in [-0.15, -0.1) is 0 Å². The van der Waals surface area contributed by atoms with Crippen molar-refractivity contribution in [1.82, 2.24) is 0 Å². The van der Waals surface area contributed by atoms with E-state index in [-0.39, 0.29) is 64.2 Å². The monoisotopic (exact) mass is 1870 g/mol. The van der Waals surface area contributed by atoms with E-state index in [2.05, 4.69) is 91.9 Å². The Bertz CT molecular complexity index is 4660. The van der Waals surface area contributed by atoms with Crippen LogP contribution in [0.5, 0.6) is 0 Å². The van der Waals surface area contributed by atoms with Gasteiger partial charge in [0.05, 0.1) is 97.4 Å². The van der Waals surface area contributed by atoms with Crippen molar-refractivity contribution in [2.45, 2.75) is 332 Å². The molecule has 3 heterocycles. The van der Waals surface area contributed by atoms with Crippen molar-refractivity contribution in [3.63, 3.8) is 0 Å². The van der Waals surface area contributed by atoms with Crippen LogP contribution in [0.4, 0.5) is 0 Å². The molecule has 734 valence electrons. The molecule has 3 aliphatic rings. The maximum Gasteiger partial charge on any atom is 0.308 e. The quantitative estimate of drug-likeness (QED) is 0.0197. The summed E-state index contributed by atoms with van der Waals surface area (Å²) in [5.41, 5.74) is 8.34. The first-order valence-electron chi connectivity index (χ1n) is 49.5. The topological polar surface area (TPSA) is 210 Å². The molecule has 9 aromatic rings. The molecule has 0 N–H and O–H groups in total. The minimum atomic E-state index is -1.06. The van der Waals surface area contributed by atoms with Crippen molar-refractivity contribution in [3.05, 3.63) is 335 Å². The molecular formula is C115H148O21. The fraction of sp³-hybridized carbons (Fsp3) is 0.496. The standard InChI is InChI=1S/C115H148O21/c1-86(130-112-109(118-6)106(126-79-93-62-40-25-41-63-93)103(123-76-90-56-34-22-35-57-90)99(133-112)83-120-74-88-52-30-20-31-53-88)51-29-19-50-71-97(131-113-110(119-7)107(127-80-94-64-42-26-43-65-94)104(124-77-91-58-36-23-37-59-91)100(134-113)84-121-75-89-54-32-21-33-55-89)70-48-17-15-13-11-9-8-10-12-14-16-18-49-72-98(73-102(117)136-115(3,4)5)132-114-111(129-82-96-68-46-28-47-69-96)108(128-81-95-66-44-27-45-67-95)105(101(135-114)85-122-87(2)116)125-78-92-60-38-24-39-61-92/h20-28,30-48,52-70,86,97-101,103-114H,8-19,29,49-51,71-85H2,1-7H3/b70-48+/t86-,97+,98-,99-,100-,101-,103-,104-,105-,106+,107+,108+,109-,110-,111-,112-,113-,114-/m1/s1. The molecule has 21 heteroatoms. The van der Waals surface area contributed by atoms with E-state index in [1.807, 2.05) is 221 Å². The van der Waals surface area contributed by atoms with Crippen LogP contribution in [-0.2, 0) is 159 Å². The van der Waals surface area contributed by atoms with Crippen molar-refractivity contribution >= 4 is 11.9 Å². The Labute approximate surface area is 808 Å². The highest BCUT2D eigenvalue weighted by Gasteiger charge is 2.53. The maximum atomic E-state index is 13.9. The van der Waals surface area contributed by atoms with Gasteiger partial charge < -0.3 is 90.0 Å². The Hall–Kier alpha value is -9.02. The third-order valence-corrected chi connectivity index (χ3v) is 24.7. The van der Waals surface area contributed by atoms with E-state index >= 15 is 0 Å². The Morgan fingerprint density at radius 3 is 0.963 bits per heavy atom. The summed E-state index contributed by atoms with van der Waals surface area (Å²) < 4.78 is 128. The summed E-state index contributed by atoms with van der Waals surface area (Å²) in [6.45, 7) is 12.2. The van der Waals surface area contributed by atoms with Crippen molar-refractivity contribution in [2.75, 3.05) is 34.0 Å². The summed E-state index contributed by atoms with van der Waals surface area (Å²) in [6, 6.07) is 90.7.